The Hall–Kier alpha value is -3.21. The van der Waals surface area contributed by atoms with Gasteiger partial charge in [-0.05, 0) is 47.6 Å². The zero-order valence-electron chi connectivity index (χ0n) is 15.4. The lowest BCUT2D eigenvalue weighted by Gasteiger charge is -2.17. The molecule has 1 atom stereocenters. The van der Waals surface area contributed by atoms with Crippen molar-refractivity contribution in [1.82, 2.24) is 5.32 Å². The van der Waals surface area contributed by atoms with Crippen LogP contribution in [0.2, 0.25) is 0 Å². The van der Waals surface area contributed by atoms with Gasteiger partial charge in [-0.15, -0.1) is 0 Å². The van der Waals surface area contributed by atoms with E-state index in [4.69, 9.17) is 9.47 Å². The summed E-state index contributed by atoms with van der Waals surface area (Å²) in [6.07, 6.45) is 1.75. The predicted molar refractivity (Wildman–Crippen MR) is 107 cm³/mol. The van der Waals surface area contributed by atoms with Crippen LogP contribution >= 0.6 is 0 Å². The molecule has 4 rings (SSSR count). The zero-order chi connectivity index (χ0) is 18.8. The van der Waals surface area contributed by atoms with Crippen LogP contribution in [0.1, 0.15) is 23.6 Å². The highest BCUT2D eigenvalue weighted by Gasteiger charge is 2.26. The number of ether oxygens (including phenoxy) is 2. The summed E-state index contributed by atoms with van der Waals surface area (Å²) in [4.78, 5) is 12.6. The second-order valence-electron chi connectivity index (χ2n) is 6.62. The van der Waals surface area contributed by atoms with Crippen molar-refractivity contribution in [3.8, 4) is 11.5 Å². The van der Waals surface area contributed by atoms with Gasteiger partial charge in [-0.1, -0.05) is 36.4 Å². The van der Waals surface area contributed by atoms with Gasteiger partial charge in [0, 0.05) is 5.39 Å². The first-order valence-electron chi connectivity index (χ1n) is 8.99. The molecule has 138 valence electrons. The molecule has 0 fully saturated rings. The fraction of sp³-hybridized carbons (Fsp3) is 0.227. The van der Waals surface area contributed by atoms with Crippen LogP contribution in [0.5, 0.6) is 11.5 Å². The SMILES string of the molecule is COc1cc2c(cc1OC)[C@H](NC(=O)Nc1cccc3ccccc13)CC2. The summed E-state index contributed by atoms with van der Waals surface area (Å²) < 4.78 is 10.8. The Morgan fingerprint density at radius 3 is 2.56 bits per heavy atom. The summed E-state index contributed by atoms with van der Waals surface area (Å²) in [7, 11) is 3.25. The lowest BCUT2D eigenvalue weighted by Crippen LogP contribution is -2.31. The van der Waals surface area contributed by atoms with E-state index in [1.165, 1.54) is 5.56 Å². The molecule has 5 nitrogen and oxygen atoms in total. The van der Waals surface area contributed by atoms with Gasteiger partial charge in [0.15, 0.2) is 11.5 Å². The molecule has 27 heavy (non-hydrogen) atoms. The highest BCUT2D eigenvalue weighted by molar-refractivity contribution is 6.01. The summed E-state index contributed by atoms with van der Waals surface area (Å²) in [5.74, 6) is 1.40. The summed E-state index contributed by atoms with van der Waals surface area (Å²) >= 11 is 0. The summed E-state index contributed by atoms with van der Waals surface area (Å²) in [5.41, 5.74) is 3.07. The van der Waals surface area contributed by atoms with Gasteiger partial charge in [0.1, 0.15) is 0 Å². The van der Waals surface area contributed by atoms with Crippen molar-refractivity contribution < 1.29 is 14.3 Å². The monoisotopic (exact) mass is 362 g/mol. The van der Waals surface area contributed by atoms with Gasteiger partial charge in [-0.2, -0.15) is 0 Å². The fourth-order valence-electron chi connectivity index (χ4n) is 3.73. The zero-order valence-corrected chi connectivity index (χ0v) is 15.4. The quantitative estimate of drug-likeness (QED) is 0.709. The molecule has 0 saturated heterocycles. The van der Waals surface area contributed by atoms with Crippen LogP contribution in [0.3, 0.4) is 0 Å². The molecule has 0 aliphatic heterocycles. The lowest BCUT2D eigenvalue weighted by molar-refractivity contribution is 0.248. The third-order valence-corrected chi connectivity index (χ3v) is 5.07. The van der Waals surface area contributed by atoms with E-state index in [0.717, 1.165) is 40.6 Å². The molecular weight excluding hydrogens is 340 g/mol. The van der Waals surface area contributed by atoms with E-state index in [1.54, 1.807) is 14.2 Å². The highest BCUT2D eigenvalue weighted by atomic mass is 16.5. The number of fused-ring (bicyclic) bond motifs is 2. The van der Waals surface area contributed by atoms with Gasteiger partial charge in [-0.3, -0.25) is 0 Å². The number of nitrogens with one attached hydrogen (secondary N) is 2. The topological polar surface area (TPSA) is 59.6 Å². The number of rotatable bonds is 4. The molecule has 0 bridgehead atoms. The van der Waals surface area contributed by atoms with Crippen molar-refractivity contribution in [2.45, 2.75) is 18.9 Å². The molecule has 0 spiro atoms. The molecule has 0 heterocycles. The molecule has 1 aliphatic carbocycles. The van der Waals surface area contributed by atoms with Crippen LogP contribution in [-0.4, -0.2) is 20.3 Å². The Labute approximate surface area is 158 Å². The van der Waals surface area contributed by atoms with E-state index in [0.29, 0.717) is 5.75 Å². The van der Waals surface area contributed by atoms with Crippen molar-refractivity contribution in [1.29, 1.82) is 0 Å². The molecule has 5 heteroatoms. The molecule has 2 N–H and O–H groups in total. The van der Waals surface area contributed by atoms with Crippen LogP contribution in [0.15, 0.2) is 54.6 Å². The number of methoxy groups -OCH3 is 2. The van der Waals surface area contributed by atoms with Crippen molar-refractivity contribution in [2.24, 2.45) is 0 Å². The van der Waals surface area contributed by atoms with Crippen LogP contribution < -0.4 is 20.1 Å². The maximum absolute atomic E-state index is 12.6. The van der Waals surface area contributed by atoms with E-state index < -0.39 is 0 Å². The molecule has 3 aromatic rings. The van der Waals surface area contributed by atoms with Gasteiger partial charge >= 0.3 is 6.03 Å². The van der Waals surface area contributed by atoms with E-state index >= 15 is 0 Å². The van der Waals surface area contributed by atoms with E-state index in [1.807, 2.05) is 54.6 Å². The minimum Gasteiger partial charge on any atom is -0.493 e. The predicted octanol–water partition coefficient (Wildman–Crippen LogP) is 4.67. The van der Waals surface area contributed by atoms with E-state index in [9.17, 15) is 4.79 Å². The first-order valence-corrected chi connectivity index (χ1v) is 8.99. The molecule has 0 unspecified atom stereocenters. The number of urea groups is 1. The van der Waals surface area contributed by atoms with Crippen LogP contribution in [0.25, 0.3) is 10.8 Å². The van der Waals surface area contributed by atoms with Gasteiger partial charge in [0.05, 0.1) is 25.9 Å². The Morgan fingerprint density at radius 1 is 1.00 bits per heavy atom. The second kappa shape index (κ2) is 7.19. The molecule has 2 amide bonds. The van der Waals surface area contributed by atoms with Crippen molar-refractivity contribution in [2.75, 3.05) is 19.5 Å². The summed E-state index contributed by atoms with van der Waals surface area (Å²) in [5, 5.41) is 8.20. The van der Waals surface area contributed by atoms with Crippen LogP contribution in [-0.2, 0) is 6.42 Å². The van der Waals surface area contributed by atoms with Gasteiger partial charge in [-0.25, -0.2) is 4.79 Å². The Balaban J connectivity index is 1.53. The average Bonchev–Trinajstić information content (AvgIpc) is 3.08. The maximum Gasteiger partial charge on any atom is 0.319 e. The number of aryl methyl sites for hydroxylation is 1. The van der Waals surface area contributed by atoms with Gasteiger partial charge in [0.2, 0.25) is 0 Å². The number of benzene rings is 3. The Kier molecular flexibility index (Phi) is 4.59. The van der Waals surface area contributed by atoms with Crippen LogP contribution in [0.4, 0.5) is 10.5 Å². The van der Waals surface area contributed by atoms with E-state index in [2.05, 4.69) is 10.6 Å². The molecule has 3 aromatic carbocycles. The van der Waals surface area contributed by atoms with Crippen molar-refractivity contribution in [3.05, 3.63) is 65.7 Å². The first kappa shape index (κ1) is 17.2. The van der Waals surface area contributed by atoms with Gasteiger partial charge in [0.25, 0.3) is 0 Å². The third kappa shape index (κ3) is 3.28. The number of carbonyl (C=O) groups excluding carboxylic acids is 1. The number of hydrogen-bond acceptors (Lipinski definition) is 3. The first-order chi connectivity index (χ1) is 13.2. The van der Waals surface area contributed by atoms with Crippen molar-refractivity contribution in [3.63, 3.8) is 0 Å². The maximum atomic E-state index is 12.6. The molecule has 0 saturated carbocycles. The number of anilines is 1. The number of carbonyl (C=O) groups is 1. The minimum atomic E-state index is -0.209. The van der Waals surface area contributed by atoms with Crippen molar-refractivity contribution >= 4 is 22.5 Å². The second-order valence-corrected chi connectivity index (χ2v) is 6.62. The summed E-state index contributed by atoms with van der Waals surface area (Å²) in [6, 6.07) is 17.6. The number of amides is 2. The summed E-state index contributed by atoms with van der Waals surface area (Å²) in [6.45, 7) is 0. The minimum absolute atomic E-state index is 0.0465. The standard InChI is InChI=1S/C22H22N2O3/c1-26-20-12-15-10-11-19(17(15)13-21(20)27-2)24-22(25)23-18-9-5-7-14-6-3-4-8-16(14)18/h3-9,12-13,19H,10-11H2,1-2H3,(H2,23,24,25)/t19-/m1/s1. The normalized spacial score (nSPS) is 15.3. The van der Waals surface area contributed by atoms with Gasteiger partial charge < -0.3 is 20.1 Å². The number of hydrogen-bond donors (Lipinski definition) is 2. The smallest absolute Gasteiger partial charge is 0.319 e. The highest BCUT2D eigenvalue weighted by Crippen LogP contribution is 2.39. The van der Waals surface area contributed by atoms with Crippen LogP contribution in [0, 0.1) is 0 Å². The fourth-order valence-corrected chi connectivity index (χ4v) is 3.73. The largest absolute Gasteiger partial charge is 0.493 e. The molecule has 0 radical (unpaired) electrons. The molecule has 0 aromatic heterocycles. The Morgan fingerprint density at radius 2 is 1.74 bits per heavy atom. The third-order valence-electron chi connectivity index (χ3n) is 5.07. The molecule has 1 aliphatic rings. The average molecular weight is 362 g/mol. The Bertz CT molecular complexity index is 995. The lowest BCUT2D eigenvalue weighted by atomic mass is 10.1. The molecular formula is C22H22N2O3. The van der Waals surface area contributed by atoms with E-state index in [-0.39, 0.29) is 12.1 Å².